The van der Waals surface area contributed by atoms with Crippen LogP contribution < -0.4 is 0 Å². The molecule has 0 fully saturated rings. The van der Waals surface area contributed by atoms with Crippen molar-refractivity contribution >= 4 is 11.9 Å². The normalized spacial score (nSPS) is 11.4. The molecule has 0 aromatic rings. The number of ether oxygens (including phenoxy) is 2. The molecule has 0 atom stereocenters. The Bertz CT molecular complexity index is 624. The lowest BCUT2D eigenvalue weighted by atomic mass is 10.0. The summed E-state index contributed by atoms with van der Waals surface area (Å²) in [6.45, 7) is 4.35. The van der Waals surface area contributed by atoms with Crippen LogP contribution >= 0.6 is 0 Å². The molecule has 0 bridgehead atoms. The van der Waals surface area contributed by atoms with Gasteiger partial charge in [-0.15, -0.1) is 0 Å². The van der Waals surface area contributed by atoms with Crippen LogP contribution in [0.1, 0.15) is 258 Å². The number of hydrogen-bond donors (Lipinski definition) is 1. The van der Waals surface area contributed by atoms with Gasteiger partial charge in [-0.1, -0.05) is 232 Å². The molecule has 0 rings (SSSR count). The van der Waals surface area contributed by atoms with E-state index < -0.39 is 6.10 Å². The third-order valence-electron chi connectivity index (χ3n) is 10.3. The summed E-state index contributed by atoms with van der Waals surface area (Å²) in [7, 11) is 0. The van der Waals surface area contributed by atoms with Crippen molar-refractivity contribution in [2.75, 3.05) is 13.2 Å². The van der Waals surface area contributed by atoms with E-state index in [1.54, 1.807) is 0 Å². The molecule has 0 spiro atoms. The number of aliphatic hydroxyl groups is 1. The predicted octanol–water partition coefficient (Wildman–Crippen LogP) is 14.3. The van der Waals surface area contributed by atoms with Crippen LogP contribution in [0.4, 0.5) is 0 Å². The molecular formula is C45H88O5. The van der Waals surface area contributed by atoms with Gasteiger partial charge in [0.1, 0.15) is 19.3 Å². The average Bonchev–Trinajstić information content (AvgIpc) is 3.12. The lowest BCUT2D eigenvalue weighted by Gasteiger charge is -2.12. The van der Waals surface area contributed by atoms with Gasteiger partial charge in [0.15, 0.2) is 0 Å². The minimum absolute atomic E-state index is 0.107. The number of esters is 2. The predicted molar refractivity (Wildman–Crippen MR) is 215 cm³/mol. The molecule has 0 aliphatic carbocycles. The molecule has 298 valence electrons. The van der Waals surface area contributed by atoms with E-state index in [-0.39, 0.29) is 25.2 Å². The van der Waals surface area contributed by atoms with Crippen molar-refractivity contribution in [3.05, 3.63) is 0 Å². The fourth-order valence-corrected chi connectivity index (χ4v) is 6.91. The number of hydrogen-bond acceptors (Lipinski definition) is 5. The molecule has 0 aromatic carbocycles. The highest BCUT2D eigenvalue weighted by Crippen LogP contribution is 2.16. The second-order valence-electron chi connectivity index (χ2n) is 15.5. The Morgan fingerprint density at radius 3 is 0.720 bits per heavy atom. The monoisotopic (exact) mass is 709 g/mol. The first kappa shape index (κ1) is 48.9. The first-order chi connectivity index (χ1) is 24.6. The van der Waals surface area contributed by atoms with Gasteiger partial charge in [-0.3, -0.25) is 9.59 Å². The third kappa shape index (κ3) is 41.3. The minimum atomic E-state index is -0.955. The van der Waals surface area contributed by atoms with E-state index in [0.717, 1.165) is 25.7 Å². The first-order valence-corrected chi connectivity index (χ1v) is 22.6. The van der Waals surface area contributed by atoms with Gasteiger partial charge >= 0.3 is 11.9 Å². The number of aliphatic hydroxyl groups excluding tert-OH is 1. The van der Waals surface area contributed by atoms with E-state index >= 15 is 0 Å². The van der Waals surface area contributed by atoms with Crippen LogP contribution in [0.3, 0.4) is 0 Å². The summed E-state index contributed by atoms with van der Waals surface area (Å²) in [5.74, 6) is -0.545. The second kappa shape index (κ2) is 42.3. The van der Waals surface area contributed by atoms with Crippen LogP contribution in [0.15, 0.2) is 0 Å². The fourth-order valence-electron chi connectivity index (χ4n) is 6.91. The van der Waals surface area contributed by atoms with Crippen LogP contribution in [0.2, 0.25) is 0 Å². The van der Waals surface area contributed by atoms with Gasteiger partial charge in [0.25, 0.3) is 0 Å². The molecule has 0 amide bonds. The minimum Gasteiger partial charge on any atom is -0.463 e. The summed E-state index contributed by atoms with van der Waals surface area (Å²) in [6, 6.07) is 0. The van der Waals surface area contributed by atoms with Gasteiger partial charge in [0.05, 0.1) is 0 Å². The number of carbonyl (C=O) groups is 2. The Labute approximate surface area is 312 Å². The first-order valence-electron chi connectivity index (χ1n) is 22.6. The molecule has 0 aromatic heterocycles. The second-order valence-corrected chi connectivity index (χ2v) is 15.5. The summed E-state index contributed by atoms with van der Waals surface area (Å²) in [5.41, 5.74) is 0. The molecule has 5 nitrogen and oxygen atoms in total. The van der Waals surface area contributed by atoms with Crippen LogP contribution in [-0.4, -0.2) is 36.4 Å². The van der Waals surface area contributed by atoms with Crippen molar-refractivity contribution in [2.24, 2.45) is 0 Å². The molecule has 0 saturated carbocycles. The van der Waals surface area contributed by atoms with E-state index in [1.165, 1.54) is 205 Å². The van der Waals surface area contributed by atoms with Gasteiger partial charge < -0.3 is 14.6 Å². The highest BCUT2D eigenvalue weighted by Gasteiger charge is 2.12. The van der Waals surface area contributed by atoms with E-state index in [0.29, 0.717) is 12.8 Å². The summed E-state index contributed by atoms with van der Waals surface area (Å²) in [6.07, 6.45) is 47.4. The number of carbonyl (C=O) groups excluding carboxylic acids is 2. The van der Waals surface area contributed by atoms with E-state index in [4.69, 9.17) is 9.47 Å². The fraction of sp³-hybridized carbons (Fsp3) is 0.956. The standard InChI is InChI=1S/C45H88O5/c1-3-5-7-9-11-13-15-17-19-21-23-25-27-29-31-33-35-37-39-44(47)49-41-43(46)42-50-45(48)40-38-36-34-32-30-28-26-24-22-20-18-16-14-12-10-8-6-4-2/h43,46H,3-42H2,1-2H3. The Morgan fingerprint density at radius 1 is 0.340 bits per heavy atom. The average molecular weight is 709 g/mol. The van der Waals surface area contributed by atoms with E-state index in [1.807, 2.05) is 0 Å². The maximum atomic E-state index is 12.0. The van der Waals surface area contributed by atoms with Crippen molar-refractivity contribution in [2.45, 2.75) is 264 Å². The Morgan fingerprint density at radius 2 is 0.520 bits per heavy atom. The molecule has 1 N–H and O–H groups in total. The zero-order chi connectivity index (χ0) is 36.4. The summed E-state index contributed by atoms with van der Waals surface area (Å²) in [5, 5.41) is 10.0. The Balaban J connectivity index is 3.35. The van der Waals surface area contributed by atoms with Crippen molar-refractivity contribution < 1.29 is 24.2 Å². The van der Waals surface area contributed by atoms with E-state index in [9.17, 15) is 14.7 Å². The highest BCUT2D eigenvalue weighted by atomic mass is 16.6. The lowest BCUT2D eigenvalue weighted by molar-refractivity contribution is -0.152. The molecule has 5 heteroatoms. The highest BCUT2D eigenvalue weighted by molar-refractivity contribution is 5.69. The molecule has 0 radical (unpaired) electrons. The quantitative estimate of drug-likeness (QED) is 0.0505. The van der Waals surface area contributed by atoms with Crippen LogP contribution in [0.5, 0.6) is 0 Å². The summed E-state index contributed by atoms with van der Waals surface area (Å²) >= 11 is 0. The van der Waals surface area contributed by atoms with Gasteiger partial charge in [-0.2, -0.15) is 0 Å². The van der Waals surface area contributed by atoms with Crippen molar-refractivity contribution in [1.82, 2.24) is 0 Å². The van der Waals surface area contributed by atoms with Crippen LogP contribution in [-0.2, 0) is 19.1 Å². The molecule has 0 aliphatic rings. The maximum absolute atomic E-state index is 12.0. The zero-order valence-electron chi connectivity index (χ0n) is 33.9. The Kier molecular flexibility index (Phi) is 41.4. The third-order valence-corrected chi connectivity index (χ3v) is 10.3. The summed E-state index contributed by atoms with van der Waals surface area (Å²) in [4.78, 5) is 24.0. The maximum Gasteiger partial charge on any atom is 0.305 e. The van der Waals surface area contributed by atoms with Gasteiger partial charge in [-0.05, 0) is 12.8 Å². The van der Waals surface area contributed by atoms with Crippen LogP contribution in [0, 0.1) is 0 Å². The van der Waals surface area contributed by atoms with Crippen LogP contribution in [0.25, 0.3) is 0 Å². The largest absolute Gasteiger partial charge is 0.463 e. The number of unbranched alkanes of at least 4 members (excludes halogenated alkanes) is 34. The smallest absolute Gasteiger partial charge is 0.305 e. The van der Waals surface area contributed by atoms with Gasteiger partial charge in [0, 0.05) is 12.8 Å². The van der Waals surface area contributed by atoms with Crippen molar-refractivity contribution in [3.63, 3.8) is 0 Å². The molecule has 0 saturated heterocycles. The van der Waals surface area contributed by atoms with Crippen molar-refractivity contribution in [3.8, 4) is 0 Å². The lowest BCUT2D eigenvalue weighted by Crippen LogP contribution is -2.25. The molecule has 0 heterocycles. The zero-order valence-corrected chi connectivity index (χ0v) is 33.9. The SMILES string of the molecule is CCCCCCCCCCCCCCCCCCCCC(=O)OCC(O)COC(=O)CCCCCCCCCCCCCCCCCCCC. The van der Waals surface area contributed by atoms with Gasteiger partial charge in [0.2, 0.25) is 0 Å². The summed E-state index contributed by atoms with van der Waals surface area (Å²) < 4.78 is 10.4. The number of rotatable bonds is 42. The molecular weight excluding hydrogens is 620 g/mol. The molecule has 50 heavy (non-hydrogen) atoms. The van der Waals surface area contributed by atoms with E-state index in [2.05, 4.69) is 13.8 Å². The molecule has 0 unspecified atom stereocenters. The van der Waals surface area contributed by atoms with Crippen molar-refractivity contribution in [1.29, 1.82) is 0 Å². The van der Waals surface area contributed by atoms with Gasteiger partial charge in [-0.25, -0.2) is 0 Å². The topological polar surface area (TPSA) is 72.8 Å². The molecule has 0 aliphatic heterocycles. The Hall–Kier alpha value is -1.10.